The molecule has 2 aliphatic rings. The standard InChI is InChI=1S/C21H40N4O3/c1-3-27-21(26)25-15-12-18(13-16-25)24-20(22-2)23-14-8-5-9-17-28-19-10-6-4-7-11-19/h18-19H,3-17H2,1-2H3,(H2,22,23,24). The topological polar surface area (TPSA) is 75.2 Å². The van der Waals surface area contributed by atoms with Crippen LogP contribution >= 0.6 is 0 Å². The van der Waals surface area contributed by atoms with Crippen molar-refractivity contribution in [3.63, 3.8) is 0 Å². The van der Waals surface area contributed by atoms with Gasteiger partial charge < -0.3 is 25.0 Å². The molecule has 1 aliphatic carbocycles. The van der Waals surface area contributed by atoms with Crippen LogP contribution in [-0.2, 0) is 9.47 Å². The van der Waals surface area contributed by atoms with E-state index in [0.717, 1.165) is 57.9 Å². The normalized spacial score (nSPS) is 19.5. The maximum atomic E-state index is 11.8. The minimum Gasteiger partial charge on any atom is -0.450 e. The van der Waals surface area contributed by atoms with Crippen molar-refractivity contribution < 1.29 is 14.3 Å². The Bertz CT molecular complexity index is 459. The second-order valence-electron chi connectivity index (χ2n) is 7.80. The van der Waals surface area contributed by atoms with Gasteiger partial charge in [-0.15, -0.1) is 0 Å². The quantitative estimate of drug-likeness (QED) is 0.355. The molecule has 1 aliphatic heterocycles. The van der Waals surface area contributed by atoms with Crippen molar-refractivity contribution >= 4 is 12.1 Å². The first-order valence-electron chi connectivity index (χ1n) is 11.2. The molecule has 0 radical (unpaired) electrons. The summed E-state index contributed by atoms with van der Waals surface area (Å²) >= 11 is 0. The third-order valence-corrected chi connectivity index (χ3v) is 5.60. The highest BCUT2D eigenvalue weighted by molar-refractivity contribution is 5.80. The van der Waals surface area contributed by atoms with Gasteiger partial charge in [0.1, 0.15) is 0 Å². The number of likely N-dealkylation sites (tertiary alicyclic amines) is 1. The van der Waals surface area contributed by atoms with Gasteiger partial charge in [-0.2, -0.15) is 0 Å². The fourth-order valence-electron chi connectivity index (χ4n) is 3.90. The Kier molecular flexibility index (Phi) is 11.1. The molecule has 162 valence electrons. The van der Waals surface area contributed by atoms with Gasteiger partial charge in [0, 0.05) is 39.3 Å². The number of guanidine groups is 1. The number of carbonyl (C=O) groups is 1. The summed E-state index contributed by atoms with van der Waals surface area (Å²) in [6.45, 7) is 5.55. The van der Waals surface area contributed by atoms with Crippen LogP contribution in [0.3, 0.4) is 0 Å². The molecule has 1 heterocycles. The van der Waals surface area contributed by atoms with Crippen LogP contribution in [0.1, 0.15) is 71.1 Å². The zero-order valence-corrected chi connectivity index (χ0v) is 17.9. The van der Waals surface area contributed by atoms with E-state index in [2.05, 4.69) is 15.6 Å². The fourth-order valence-corrected chi connectivity index (χ4v) is 3.90. The number of piperidine rings is 1. The first-order chi connectivity index (χ1) is 13.7. The number of nitrogens with zero attached hydrogens (tertiary/aromatic N) is 2. The van der Waals surface area contributed by atoms with E-state index in [0.29, 0.717) is 18.8 Å². The number of unbranched alkanes of at least 4 members (excludes halogenated alkanes) is 2. The summed E-state index contributed by atoms with van der Waals surface area (Å²) in [4.78, 5) is 17.9. The van der Waals surface area contributed by atoms with Gasteiger partial charge in [-0.25, -0.2) is 4.79 Å². The zero-order valence-electron chi connectivity index (χ0n) is 17.9. The predicted octanol–water partition coefficient (Wildman–Crippen LogP) is 3.29. The number of hydrogen-bond donors (Lipinski definition) is 2. The molecule has 0 aromatic heterocycles. The van der Waals surface area contributed by atoms with E-state index < -0.39 is 0 Å². The number of aliphatic imine (C=N–C) groups is 1. The summed E-state index contributed by atoms with van der Waals surface area (Å²) in [7, 11) is 1.81. The molecule has 0 aromatic rings. The van der Waals surface area contributed by atoms with Crippen LogP contribution in [0, 0.1) is 0 Å². The van der Waals surface area contributed by atoms with Crippen molar-refractivity contribution in [2.24, 2.45) is 4.99 Å². The summed E-state index contributed by atoms with van der Waals surface area (Å²) in [5.41, 5.74) is 0. The maximum Gasteiger partial charge on any atom is 0.409 e. The Balaban J connectivity index is 1.49. The summed E-state index contributed by atoms with van der Waals surface area (Å²) in [6, 6.07) is 0.348. The second-order valence-corrected chi connectivity index (χ2v) is 7.80. The Hall–Kier alpha value is -1.50. The van der Waals surface area contributed by atoms with Gasteiger partial charge in [-0.05, 0) is 51.9 Å². The molecular formula is C21H40N4O3. The van der Waals surface area contributed by atoms with E-state index in [4.69, 9.17) is 9.47 Å². The number of hydrogen-bond acceptors (Lipinski definition) is 4. The number of nitrogens with one attached hydrogen (secondary N) is 2. The molecule has 7 nitrogen and oxygen atoms in total. The molecule has 2 fully saturated rings. The van der Waals surface area contributed by atoms with Crippen molar-refractivity contribution in [1.82, 2.24) is 15.5 Å². The van der Waals surface area contributed by atoms with Crippen molar-refractivity contribution in [2.45, 2.75) is 83.3 Å². The van der Waals surface area contributed by atoms with E-state index in [1.54, 1.807) is 11.9 Å². The molecule has 2 N–H and O–H groups in total. The monoisotopic (exact) mass is 396 g/mol. The molecule has 0 atom stereocenters. The Morgan fingerprint density at radius 1 is 1.07 bits per heavy atom. The lowest BCUT2D eigenvalue weighted by Gasteiger charge is -2.32. The van der Waals surface area contributed by atoms with Gasteiger partial charge in [0.2, 0.25) is 0 Å². The first kappa shape index (κ1) is 22.8. The molecule has 1 amide bonds. The first-order valence-corrected chi connectivity index (χ1v) is 11.2. The molecule has 28 heavy (non-hydrogen) atoms. The van der Waals surface area contributed by atoms with Gasteiger partial charge in [0.25, 0.3) is 0 Å². The van der Waals surface area contributed by atoms with Crippen LogP contribution < -0.4 is 10.6 Å². The molecule has 7 heteroatoms. The summed E-state index contributed by atoms with van der Waals surface area (Å²) in [6.07, 6.45) is 12.1. The number of amides is 1. The zero-order chi connectivity index (χ0) is 20.0. The van der Waals surface area contributed by atoms with Gasteiger partial charge in [0.15, 0.2) is 5.96 Å². The van der Waals surface area contributed by atoms with Crippen molar-refractivity contribution in [2.75, 3.05) is 39.9 Å². The third-order valence-electron chi connectivity index (χ3n) is 5.60. The van der Waals surface area contributed by atoms with Crippen LogP contribution in [0.25, 0.3) is 0 Å². The molecule has 0 aromatic carbocycles. The lowest BCUT2D eigenvalue weighted by Crippen LogP contribution is -2.50. The van der Waals surface area contributed by atoms with Crippen molar-refractivity contribution in [1.29, 1.82) is 0 Å². The van der Waals surface area contributed by atoms with Crippen molar-refractivity contribution in [3.05, 3.63) is 0 Å². The van der Waals surface area contributed by atoms with Gasteiger partial charge in [-0.3, -0.25) is 4.99 Å². The molecule has 1 saturated carbocycles. The van der Waals surface area contributed by atoms with Gasteiger partial charge in [-0.1, -0.05) is 19.3 Å². The molecule has 1 saturated heterocycles. The number of ether oxygens (including phenoxy) is 2. The minimum atomic E-state index is -0.198. The predicted molar refractivity (Wildman–Crippen MR) is 113 cm³/mol. The summed E-state index contributed by atoms with van der Waals surface area (Å²) < 4.78 is 11.0. The van der Waals surface area contributed by atoms with E-state index >= 15 is 0 Å². The second kappa shape index (κ2) is 13.6. The number of carbonyl (C=O) groups excluding carboxylic acids is 1. The molecule has 0 bridgehead atoms. The smallest absolute Gasteiger partial charge is 0.409 e. The van der Waals surface area contributed by atoms with Crippen LogP contribution in [0.4, 0.5) is 4.79 Å². The van der Waals surface area contributed by atoms with Gasteiger partial charge >= 0.3 is 6.09 Å². The third kappa shape index (κ3) is 8.67. The highest BCUT2D eigenvalue weighted by atomic mass is 16.6. The van der Waals surface area contributed by atoms with Crippen LogP contribution in [0.15, 0.2) is 4.99 Å². The molecular weight excluding hydrogens is 356 g/mol. The lowest BCUT2D eigenvalue weighted by atomic mass is 9.98. The Morgan fingerprint density at radius 2 is 1.82 bits per heavy atom. The summed E-state index contributed by atoms with van der Waals surface area (Å²) in [5.74, 6) is 0.855. The minimum absolute atomic E-state index is 0.198. The Morgan fingerprint density at radius 3 is 2.50 bits per heavy atom. The van der Waals surface area contributed by atoms with Gasteiger partial charge in [0.05, 0.1) is 12.7 Å². The van der Waals surface area contributed by atoms with E-state index in [9.17, 15) is 4.79 Å². The van der Waals surface area contributed by atoms with Crippen LogP contribution in [0.2, 0.25) is 0 Å². The van der Waals surface area contributed by atoms with E-state index in [1.165, 1.54) is 38.5 Å². The van der Waals surface area contributed by atoms with E-state index in [1.807, 2.05) is 6.92 Å². The number of rotatable bonds is 9. The largest absolute Gasteiger partial charge is 0.450 e. The van der Waals surface area contributed by atoms with Crippen molar-refractivity contribution in [3.8, 4) is 0 Å². The molecule has 0 spiro atoms. The maximum absolute atomic E-state index is 11.8. The lowest BCUT2D eigenvalue weighted by molar-refractivity contribution is 0.0264. The molecule has 0 unspecified atom stereocenters. The highest BCUT2D eigenvalue weighted by Gasteiger charge is 2.23. The summed E-state index contributed by atoms with van der Waals surface area (Å²) in [5, 5.41) is 6.88. The van der Waals surface area contributed by atoms with Crippen LogP contribution in [-0.4, -0.2) is 69.0 Å². The highest BCUT2D eigenvalue weighted by Crippen LogP contribution is 2.20. The average Bonchev–Trinajstić information content (AvgIpc) is 2.73. The van der Waals surface area contributed by atoms with E-state index in [-0.39, 0.29) is 6.09 Å². The average molecular weight is 397 g/mol. The van der Waals surface area contributed by atoms with Crippen LogP contribution in [0.5, 0.6) is 0 Å². The Labute approximate surface area is 170 Å². The molecule has 2 rings (SSSR count). The SMILES string of the molecule is CCOC(=O)N1CCC(NC(=NC)NCCCCCOC2CCCCC2)CC1. The fraction of sp³-hybridized carbons (Fsp3) is 0.905.